The maximum Gasteiger partial charge on any atom is 0.117 e. The van der Waals surface area contributed by atoms with Gasteiger partial charge in [-0.15, -0.1) is 0 Å². The fraction of sp³-hybridized carbons (Fsp3) is 0.923. The first-order valence-corrected chi connectivity index (χ1v) is 8.05. The fourth-order valence-electron chi connectivity index (χ4n) is 1.36. The van der Waals surface area contributed by atoms with Gasteiger partial charge in [-0.25, -0.2) is 0 Å². The molecule has 0 spiro atoms. The van der Waals surface area contributed by atoms with E-state index in [1.165, 1.54) is 38.6 Å². The summed E-state index contributed by atoms with van der Waals surface area (Å²) in [6, 6.07) is 0. The van der Waals surface area contributed by atoms with Crippen molar-refractivity contribution in [2.75, 3.05) is 20.3 Å². The Balaban J connectivity index is 3.45. The molecule has 0 bridgehead atoms. The van der Waals surface area contributed by atoms with Gasteiger partial charge in [-0.1, -0.05) is 12.8 Å². The summed E-state index contributed by atoms with van der Waals surface area (Å²) >= 11 is 0. The lowest BCUT2D eigenvalue weighted by Gasteiger charge is -2.08. The summed E-state index contributed by atoms with van der Waals surface area (Å²) in [4.78, 5) is 0. The maximum absolute atomic E-state index is 3.19. The van der Waals surface area contributed by atoms with Gasteiger partial charge in [0.05, 0.1) is 20.0 Å². The van der Waals surface area contributed by atoms with Crippen molar-refractivity contribution in [2.24, 2.45) is 0 Å². The molecule has 0 aliphatic carbocycles. The molecule has 0 aliphatic rings. The maximum atomic E-state index is 3.19. The zero-order chi connectivity index (χ0) is 11.7. The van der Waals surface area contributed by atoms with Gasteiger partial charge in [-0.2, -0.15) is 0 Å². The number of nitrogens with one attached hydrogen (secondary N) is 1. The second-order valence-corrected chi connectivity index (χ2v) is 8.20. The lowest BCUT2D eigenvalue weighted by atomic mass is 10.1. The van der Waals surface area contributed by atoms with Crippen molar-refractivity contribution >= 4 is 13.3 Å². The van der Waals surface area contributed by atoms with Crippen LogP contribution in [0.25, 0.3) is 0 Å². The smallest absolute Gasteiger partial charge is 0.117 e. The molecule has 1 unspecified atom stereocenters. The average Bonchev–Trinajstić information content (AvgIpc) is 2.14. The van der Waals surface area contributed by atoms with Crippen molar-refractivity contribution in [1.29, 1.82) is 0 Å². The average molecular weight is 230 g/mol. The van der Waals surface area contributed by atoms with Crippen LogP contribution in [0.3, 0.4) is 0 Å². The highest BCUT2D eigenvalue weighted by Crippen LogP contribution is 2.35. The Morgan fingerprint density at radius 2 is 1.67 bits per heavy atom. The van der Waals surface area contributed by atoms with Crippen LogP contribution in [0.5, 0.6) is 0 Å². The molecule has 0 fully saturated rings. The van der Waals surface area contributed by atoms with Crippen molar-refractivity contribution in [3.8, 4) is 0 Å². The number of rotatable bonds is 7. The fourth-order valence-corrected chi connectivity index (χ4v) is 2.48. The number of hydrogen-bond donors (Lipinski definition) is 1. The minimum atomic E-state index is 0.113. The van der Waals surface area contributed by atoms with Crippen LogP contribution < -0.4 is 5.32 Å². The molecule has 1 nitrogen and oxygen atoms in total. The molecule has 0 aliphatic heterocycles. The van der Waals surface area contributed by atoms with E-state index in [9.17, 15) is 0 Å². The molecule has 0 aromatic rings. The standard InChI is InChI=1S/C13H29NP/c1-13(2,3)15(5)12-10-8-6-7-9-11-14-4/h12,14H,6-11H2,1-5H3/q+1. The normalized spacial score (nSPS) is 13.3. The van der Waals surface area contributed by atoms with E-state index >= 15 is 0 Å². The molecule has 0 amide bonds. The highest BCUT2D eigenvalue weighted by molar-refractivity contribution is 7.58. The van der Waals surface area contributed by atoms with Crippen molar-refractivity contribution < 1.29 is 0 Å². The Kier molecular flexibility index (Phi) is 8.37. The van der Waals surface area contributed by atoms with Crippen LogP contribution in [0.1, 0.15) is 52.9 Å². The molecule has 0 aromatic heterocycles. The van der Waals surface area contributed by atoms with E-state index in [1.807, 2.05) is 7.05 Å². The van der Waals surface area contributed by atoms with Crippen LogP contribution in [0.2, 0.25) is 0 Å². The monoisotopic (exact) mass is 230 g/mol. The molecule has 90 valence electrons. The molecule has 0 aromatic carbocycles. The molecule has 1 N–H and O–H groups in total. The van der Waals surface area contributed by atoms with Gasteiger partial charge in [0.25, 0.3) is 0 Å². The van der Waals surface area contributed by atoms with Crippen LogP contribution in [0, 0.1) is 0 Å². The Hall–Kier alpha value is 0.130. The first kappa shape index (κ1) is 15.1. The van der Waals surface area contributed by atoms with Gasteiger partial charge >= 0.3 is 0 Å². The van der Waals surface area contributed by atoms with E-state index in [1.54, 1.807) is 0 Å². The molecule has 0 heterocycles. The van der Waals surface area contributed by atoms with E-state index in [0.717, 1.165) is 0 Å². The third-order valence-corrected chi connectivity index (χ3v) is 5.76. The largest absolute Gasteiger partial charge is 0.320 e. The predicted octanol–water partition coefficient (Wildman–Crippen LogP) is 3.87. The minimum Gasteiger partial charge on any atom is -0.320 e. The first-order chi connectivity index (χ1) is 6.98. The molecular formula is C13H29NP+. The SMILES string of the molecule is CNCCCCCCC=[P+](C)C(C)(C)C. The van der Waals surface area contributed by atoms with Crippen LogP contribution in [0.15, 0.2) is 0 Å². The lowest BCUT2D eigenvalue weighted by molar-refractivity contribution is 0.627. The zero-order valence-electron chi connectivity index (χ0n) is 11.3. The van der Waals surface area contributed by atoms with Crippen molar-refractivity contribution in [3.63, 3.8) is 0 Å². The van der Waals surface area contributed by atoms with E-state index < -0.39 is 0 Å². The highest BCUT2D eigenvalue weighted by atomic mass is 31.1. The summed E-state index contributed by atoms with van der Waals surface area (Å²) in [5.41, 5.74) is 0. The molecule has 1 atom stereocenters. The quantitative estimate of drug-likeness (QED) is 0.517. The summed E-state index contributed by atoms with van der Waals surface area (Å²) < 4.78 is 0. The Morgan fingerprint density at radius 3 is 2.20 bits per heavy atom. The van der Waals surface area contributed by atoms with Gasteiger partial charge in [0.1, 0.15) is 5.16 Å². The van der Waals surface area contributed by atoms with E-state index in [4.69, 9.17) is 0 Å². The van der Waals surface area contributed by atoms with Gasteiger partial charge in [-0.05, 0) is 47.2 Å². The summed E-state index contributed by atoms with van der Waals surface area (Å²) in [5, 5.41) is 3.69. The third-order valence-electron chi connectivity index (χ3n) is 2.84. The molecule has 0 radical (unpaired) electrons. The third kappa shape index (κ3) is 9.08. The summed E-state index contributed by atoms with van der Waals surface area (Å²) in [7, 11) is 2.14. The van der Waals surface area contributed by atoms with Crippen LogP contribution >= 0.6 is 7.55 Å². The van der Waals surface area contributed by atoms with Crippen molar-refractivity contribution in [2.45, 2.75) is 58.0 Å². The van der Waals surface area contributed by atoms with Gasteiger partial charge in [0.2, 0.25) is 0 Å². The van der Waals surface area contributed by atoms with Gasteiger partial charge in [0.15, 0.2) is 0 Å². The Labute approximate surface area is 97.4 Å². The van der Waals surface area contributed by atoms with E-state index in [0.29, 0.717) is 5.16 Å². The van der Waals surface area contributed by atoms with Gasteiger partial charge in [-0.3, -0.25) is 0 Å². The summed E-state index contributed by atoms with van der Waals surface area (Å²) in [5.74, 6) is 2.56. The summed E-state index contributed by atoms with van der Waals surface area (Å²) in [6.07, 6.45) is 6.81. The molecule has 0 saturated carbocycles. The number of hydrogen-bond acceptors (Lipinski definition) is 1. The van der Waals surface area contributed by atoms with E-state index in [2.05, 4.69) is 38.5 Å². The van der Waals surface area contributed by atoms with Gasteiger partial charge in [0, 0.05) is 6.42 Å². The zero-order valence-corrected chi connectivity index (χ0v) is 12.2. The second kappa shape index (κ2) is 8.30. The first-order valence-electron chi connectivity index (χ1n) is 6.19. The lowest BCUT2D eigenvalue weighted by Crippen LogP contribution is -2.07. The molecule has 0 rings (SSSR count). The topological polar surface area (TPSA) is 12.0 Å². The molecule has 2 heteroatoms. The number of unbranched alkanes of at least 4 members (excludes halogenated alkanes) is 4. The van der Waals surface area contributed by atoms with Crippen LogP contribution in [-0.2, 0) is 0 Å². The minimum absolute atomic E-state index is 0.113. The van der Waals surface area contributed by atoms with Crippen molar-refractivity contribution in [1.82, 2.24) is 5.32 Å². The van der Waals surface area contributed by atoms with Crippen molar-refractivity contribution in [3.05, 3.63) is 0 Å². The highest BCUT2D eigenvalue weighted by Gasteiger charge is 2.22. The Bertz CT molecular complexity index is 179. The van der Waals surface area contributed by atoms with Gasteiger partial charge < -0.3 is 5.32 Å². The predicted molar refractivity (Wildman–Crippen MR) is 75.7 cm³/mol. The molecule has 15 heavy (non-hydrogen) atoms. The molecular weight excluding hydrogens is 201 g/mol. The van der Waals surface area contributed by atoms with Crippen LogP contribution in [0.4, 0.5) is 0 Å². The molecule has 0 saturated heterocycles. The second-order valence-electron chi connectivity index (χ2n) is 5.27. The van der Waals surface area contributed by atoms with E-state index in [-0.39, 0.29) is 7.55 Å². The summed E-state index contributed by atoms with van der Waals surface area (Å²) in [6.45, 7) is 10.6. The van der Waals surface area contributed by atoms with Crippen LogP contribution in [-0.4, -0.2) is 31.2 Å². The Morgan fingerprint density at radius 1 is 1.07 bits per heavy atom.